The van der Waals surface area contributed by atoms with Gasteiger partial charge in [-0.2, -0.15) is 0 Å². The number of nitrogens with one attached hydrogen (secondary N) is 1. The molecule has 25 heavy (non-hydrogen) atoms. The van der Waals surface area contributed by atoms with Crippen LogP contribution in [0.3, 0.4) is 0 Å². The maximum absolute atomic E-state index is 13.0. The van der Waals surface area contributed by atoms with Crippen LogP contribution >= 0.6 is 0 Å². The van der Waals surface area contributed by atoms with Gasteiger partial charge in [-0.1, -0.05) is 0 Å². The van der Waals surface area contributed by atoms with Gasteiger partial charge in [-0.15, -0.1) is 0 Å². The summed E-state index contributed by atoms with van der Waals surface area (Å²) in [5.41, 5.74) is 1.96. The van der Waals surface area contributed by atoms with E-state index < -0.39 is 0 Å². The normalized spacial score (nSPS) is 15.6. The molecule has 1 fully saturated rings. The molecular weight excluding hydrogens is 318 g/mol. The van der Waals surface area contributed by atoms with Gasteiger partial charge in [0.25, 0.3) is 11.5 Å². The molecule has 4 rings (SSSR count). The average molecular weight is 337 g/mol. The smallest absolute Gasteiger partial charge is 0.274 e. The second-order valence-electron chi connectivity index (χ2n) is 6.43. The van der Waals surface area contributed by atoms with Gasteiger partial charge >= 0.3 is 0 Å². The number of piperidine rings is 1. The van der Waals surface area contributed by atoms with E-state index >= 15 is 0 Å². The fourth-order valence-corrected chi connectivity index (χ4v) is 3.53. The Balaban J connectivity index is 1.56. The van der Waals surface area contributed by atoms with Gasteiger partial charge in [-0.25, -0.2) is 9.97 Å². The van der Waals surface area contributed by atoms with Crippen LogP contribution in [0.1, 0.15) is 34.8 Å². The van der Waals surface area contributed by atoms with Crippen molar-refractivity contribution in [2.24, 2.45) is 7.05 Å². The highest BCUT2D eigenvalue weighted by molar-refractivity contribution is 6.05. The number of carbonyl (C=O) groups excluding carboxylic acids is 1. The predicted molar refractivity (Wildman–Crippen MR) is 93.5 cm³/mol. The average Bonchev–Trinajstić information content (AvgIpc) is 3.15. The molecule has 3 aromatic rings. The molecule has 1 aliphatic heterocycles. The number of aryl methyl sites for hydroxylation is 1. The standard InChI is InChI=1S/C18H19N5O2/c1-22-10-14(13-2-7-20-16(13)18(22)25)17(24)23-8-4-12(5-9-23)15-3-6-19-11-21-15/h2-3,6-7,10-12,20H,4-5,8-9H2,1H3. The first-order chi connectivity index (χ1) is 12.1. The first kappa shape index (κ1) is 15.6. The maximum Gasteiger partial charge on any atom is 0.274 e. The number of amides is 1. The molecule has 0 aliphatic carbocycles. The third-order valence-electron chi connectivity index (χ3n) is 4.93. The van der Waals surface area contributed by atoms with Crippen LogP contribution < -0.4 is 5.56 Å². The van der Waals surface area contributed by atoms with E-state index in [9.17, 15) is 9.59 Å². The molecule has 0 unspecified atom stereocenters. The SMILES string of the molecule is Cn1cc(C(=O)N2CCC(c3ccncn3)CC2)c2cc[nH]c2c1=O. The van der Waals surface area contributed by atoms with Crippen LogP contribution in [0.2, 0.25) is 0 Å². The Morgan fingerprint density at radius 3 is 2.80 bits per heavy atom. The van der Waals surface area contributed by atoms with Crippen LogP contribution in [0, 0.1) is 0 Å². The van der Waals surface area contributed by atoms with Crippen molar-refractivity contribution >= 4 is 16.8 Å². The van der Waals surface area contributed by atoms with Gasteiger partial charge in [0.05, 0.1) is 5.56 Å². The zero-order valence-corrected chi connectivity index (χ0v) is 14.0. The van der Waals surface area contributed by atoms with E-state index in [0.29, 0.717) is 35.5 Å². The monoisotopic (exact) mass is 337 g/mol. The van der Waals surface area contributed by atoms with E-state index in [0.717, 1.165) is 18.5 Å². The Labute approximate surface area is 144 Å². The summed E-state index contributed by atoms with van der Waals surface area (Å²) >= 11 is 0. The molecule has 1 aliphatic rings. The van der Waals surface area contributed by atoms with Crippen LogP contribution in [0.4, 0.5) is 0 Å². The summed E-state index contributed by atoms with van der Waals surface area (Å²) in [6.07, 6.45) is 8.42. The second kappa shape index (κ2) is 6.16. The van der Waals surface area contributed by atoms with Crippen LogP contribution in [-0.4, -0.2) is 43.4 Å². The minimum absolute atomic E-state index is 0.0265. The maximum atomic E-state index is 13.0. The molecule has 0 spiro atoms. The van der Waals surface area contributed by atoms with Crippen molar-refractivity contribution in [3.8, 4) is 0 Å². The molecule has 1 N–H and O–H groups in total. The van der Waals surface area contributed by atoms with E-state index in [1.807, 2.05) is 11.0 Å². The van der Waals surface area contributed by atoms with Crippen molar-refractivity contribution in [1.82, 2.24) is 24.4 Å². The number of nitrogens with zero attached hydrogens (tertiary/aromatic N) is 4. The summed E-state index contributed by atoms with van der Waals surface area (Å²) in [5, 5.41) is 0.686. The summed E-state index contributed by atoms with van der Waals surface area (Å²) in [6.45, 7) is 1.37. The summed E-state index contributed by atoms with van der Waals surface area (Å²) < 4.78 is 1.46. The summed E-state index contributed by atoms with van der Waals surface area (Å²) in [5.74, 6) is 0.334. The third-order valence-corrected chi connectivity index (χ3v) is 4.93. The molecule has 128 valence electrons. The Kier molecular flexibility index (Phi) is 3.83. The molecule has 1 saturated heterocycles. The fraction of sp³-hybridized carbons (Fsp3) is 0.333. The van der Waals surface area contributed by atoms with Gasteiger partial charge < -0.3 is 14.5 Å². The van der Waals surface area contributed by atoms with E-state index in [-0.39, 0.29) is 11.5 Å². The van der Waals surface area contributed by atoms with Crippen molar-refractivity contribution in [2.45, 2.75) is 18.8 Å². The van der Waals surface area contributed by atoms with Crippen molar-refractivity contribution < 1.29 is 4.79 Å². The number of hydrogen-bond acceptors (Lipinski definition) is 4. The van der Waals surface area contributed by atoms with Crippen molar-refractivity contribution in [3.05, 3.63) is 58.7 Å². The Morgan fingerprint density at radius 2 is 2.08 bits per heavy atom. The lowest BCUT2D eigenvalue weighted by Gasteiger charge is -2.32. The molecule has 3 aromatic heterocycles. The van der Waals surface area contributed by atoms with Crippen molar-refractivity contribution in [3.63, 3.8) is 0 Å². The number of fused-ring (bicyclic) bond motifs is 1. The number of aromatic amines is 1. The summed E-state index contributed by atoms with van der Waals surface area (Å²) in [7, 11) is 1.67. The number of carbonyl (C=O) groups is 1. The van der Waals surface area contributed by atoms with E-state index in [4.69, 9.17) is 0 Å². The lowest BCUT2D eigenvalue weighted by Crippen LogP contribution is -2.38. The van der Waals surface area contributed by atoms with Crippen molar-refractivity contribution in [2.75, 3.05) is 13.1 Å². The number of aromatic nitrogens is 4. The number of rotatable bonds is 2. The highest BCUT2D eigenvalue weighted by atomic mass is 16.2. The number of likely N-dealkylation sites (tertiary alicyclic amines) is 1. The molecule has 1 amide bonds. The zero-order chi connectivity index (χ0) is 17.4. The van der Waals surface area contributed by atoms with Crippen LogP contribution in [0.5, 0.6) is 0 Å². The topological polar surface area (TPSA) is 83.9 Å². The van der Waals surface area contributed by atoms with Gasteiger partial charge in [-0.05, 0) is 25.0 Å². The molecule has 4 heterocycles. The molecule has 7 nitrogen and oxygen atoms in total. The van der Waals surface area contributed by atoms with E-state index in [1.54, 1.807) is 38.0 Å². The van der Waals surface area contributed by atoms with Gasteiger partial charge in [0.1, 0.15) is 11.8 Å². The molecule has 0 saturated carbocycles. The van der Waals surface area contributed by atoms with Crippen LogP contribution in [0.15, 0.2) is 41.8 Å². The van der Waals surface area contributed by atoms with Gasteiger partial charge in [0.15, 0.2) is 0 Å². The summed E-state index contributed by atoms with van der Waals surface area (Å²) in [4.78, 5) is 38.2. The van der Waals surface area contributed by atoms with E-state index in [1.165, 1.54) is 4.57 Å². The van der Waals surface area contributed by atoms with E-state index in [2.05, 4.69) is 15.0 Å². The second-order valence-corrected chi connectivity index (χ2v) is 6.43. The minimum atomic E-state index is -0.126. The molecule has 0 aromatic carbocycles. The Bertz CT molecular complexity index is 968. The number of H-pyrrole nitrogens is 1. The largest absolute Gasteiger partial charge is 0.357 e. The van der Waals surface area contributed by atoms with Gasteiger partial charge in [0.2, 0.25) is 0 Å². The molecular formula is C18H19N5O2. The van der Waals surface area contributed by atoms with Crippen LogP contribution in [-0.2, 0) is 7.05 Å². The van der Waals surface area contributed by atoms with Crippen molar-refractivity contribution in [1.29, 1.82) is 0 Å². The van der Waals surface area contributed by atoms with Gasteiger partial charge in [-0.3, -0.25) is 9.59 Å². The highest BCUT2D eigenvalue weighted by Gasteiger charge is 2.26. The van der Waals surface area contributed by atoms with Gasteiger partial charge in [0, 0.05) is 55.7 Å². The van der Waals surface area contributed by atoms with Crippen LogP contribution in [0.25, 0.3) is 10.9 Å². The first-order valence-electron chi connectivity index (χ1n) is 8.37. The number of hydrogen-bond donors (Lipinski definition) is 1. The Hall–Kier alpha value is -2.96. The molecule has 0 bridgehead atoms. The number of pyridine rings is 1. The Morgan fingerprint density at radius 1 is 1.28 bits per heavy atom. The molecule has 0 radical (unpaired) electrons. The lowest BCUT2D eigenvalue weighted by molar-refractivity contribution is 0.0713. The molecule has 0 atom stereocenters. The third kappa shape index (κ3) is 2.71. The zero-order valence-electron chi connectivity index (χ0n) is 14.0. The first-order valence-corrected chi connectivity index (χ1v) is 8.37. The highest BCUT2D eigenvalue weighted by Crippen LogP contribution is 2.27. The lowest BCUT2D eigenvalue weighted by atomic mass is 9.93. The minimum Gasteiger partial charge on any atom is -0.357 e. The predicted octanol–water partition coefficient (Wildman–Crippen LogP) is 1.68. The quantitative estimate of drug-likeness (QED) is 0.771. The fourth-order valence-electron chi connectivity index (χ4n) is 3.53. The molecule has 7 heteroatoms. The summed E-state index contributed by atoms with van der Waals surface area (Å²) in [6, 6.07) is 3.73.